The van der Waals surface area contributed by atoms with Crippen molar-refractivity contribution < 1.29 is 27.8 Å². The third-order valence-electron chi connectivity index (χ3n) is 3.09. The largest absolute Gasteiger partial charge is 0.468 e. The topological polar surface area (TPSA) is 49.8 Å². The minimum absolute atomic E-state index is 0.112. The molecule has 0 saturated heterocycles. The minimum atomic E-state index is -4.55. The van der Waals surface area contributed by atoms with E-state index < -0.39 is 23.8 Å². The zero-order valence-electron chi connectivity index (χ0n) is 11.9. The number of carbonyl (C=O) groups excluding carboxylic acids is 1. The molecular weight excluding hydrogens is 287 g/mol. The SMILES string of the molecule is COC(=O)C(c1ccccc1C(F)(F)F)N(C)CCCO. The van der Waals surface area contributed by atoms with Crippen LogP contribution in [0.15, 0.2) is 24.3 Å². The Labute approximate surface area is 121 Å². The predicted octanol–water partition coefficient (Wildman–Crippen LogP) is 2.23. The van der Waals surface area contributed by atoms with Crippen molar-refractivity contribution in [3.63, 3.8) is 0 Å². The fourth-order valence-electron chi connectivity index (χ4n) is 2.10. The molecule has 0 aliphatic rings. The summed E-state index contributed by atoms with van der Waals surface area (Å²) in [6.07, 6.45) is -4.21. The number of esters is 1. The molecule has 0 aliphatic carbocycles. The zero-order valence-corrected chi connectivity index (χ0v) is 11.9. The molecule has 21 heavy (non-hydrogen) atoms. The standard InChI is InChI=1S/C14H18F3NO3/c1-18(8-5-9-19)12(13(20)21-2)10-6-3-4-7-11(10)14(15,16)17/h3-4,6-7,12,19H,5,8-9H2,1-2H3. The van der Waals surface area contributed by atoms with Gasteiger partial charge in [-0.05, 0) is 25.1 Å². The number of hydrogen-bond donors (Lipinski definition) is 1. The summed E-state index contributed by atoms with van der Waals surface area (Å²) < 4.78 is 43.9. The summed E-state index contributed by atoms with van der Waals surface area (Å²) in [5.41, 5.74) is -1.02. The highest BCUT2D eigenvalue weighted by Crippen LogP contribution is 2.36. The van der Waals surface area contributed by atoms with Crippen LogP contribution in [-0.2, 0) is 15.7 Å². The molecule has 1 N–H and O–H groups in total. The monoisotopic (exact) mass is 305 g/mol. The van der Waals surface area contributed by atoms with Crippen LogP contribution in [0, 0.1) is 0 Å². The molecule has 1 aromatic rings. The summed E-state index contributed by atoms with van der Waals surface area (Å²) in [4.78, 5) is 13.3. The molecule has 7 heteroatoms. The number of aliphatic hydroxyl groups is 1. The fraction of sp³-hybridized carbons (Fsp3) is 0.500. The maximum Gasteiger partial charge on any atom is 0.416 e. The van der Waals surface area contributed by atoms with Gasteiger partial charge in [-0.2, -0.15) is 13.2 Å². The van der Waals surface area contributed by atoms with Gasteiger partial charge >= 0.3 is 12.1 Å². The Morgan fingerprint density at radius 1 is 1.38 bits per heavy atom. The number of rotatable bonds is 6. The molecule has 1 aromatic carbocycles. The summed E-state index contributed by atoms with van der Waals surface area (Å²) >= 11 is 0. The number of nitrogens with zero attached hydrogens (tertiary/aromatic N) is 1. The number of ether oxygens (including phenoxy) is 1. The van der Waals surface area contributed by atoms with E-state index in [0.717, 1.165) is 13.2 Å². The van der Waals surface area contributed by atoms with Gasteiger partial charge in [-0.1, -0.05) is 18.2 Å². The molecule has 0 saturated carbocycles. The van der Waals surface area contributed by atoms with Gasteiger partial charge in [-0.25, -0.2) is 4.79 Å². The van der Waals surface area contributed by atoms with Crippen LogP contribution in [0.25, 0.3) is 0 Å². The zero-order chi connectivity index (χ0) is 16.0. The molecule has 1 unspecified atom stereocenters. The van der Waals surface area contributed by atoms with Crippen LogP contribution in [0.4, 0.5) is 13.2 Å². The quantitative estimate of drug-likeness (QED) is 0.819. The number of methoxy groups -OCH3 is 1. The van der Waals surface area contributed by atoms with Crippen molar-refractivity contribution in [1.82, 2.24) is 4.90 Å². The molecule has 0 amide bonds. The van der Waals surface area contributed by atoms with Crippen molar-refractivity contribution in [3.05, 3.63) is 35.4 Å². The number of benzene rings is 1. The van der Waals surface area contributed by atoms with Crippen LogP contribution < -0.4 is 0 Å². The fourth-order valence-corrected chi connectivity index (χ4v) is 2.10. The van der Waals surface area contributed by atoms with E-state index in [4.69, 9.17) is 5.11 Å². The van der Waals surface area contributed by atoms with Gasteiger partial charge in [0.15, 0.2) is 0 Å². The molecule has 0 bridgehead atoms. The van der Waals surface area contributed by atoms with Gasteiger partial charge in [0.1, 0.15) is 6.04 Å². The number of carbonyl (C=O) groups is 1. The van der Waals surface area contributed by atoms with Crippen molar-refractivity contribution in [1.29, 1.82) is 0 Å². The molecule has 4 nitrogen and oxygen atoms in total. The average Bonchev–Trinajstić information content (AvgIpc) is 2.44. The van der Waals surface area contributed by atoms with Crippen LogP contribution >= 0.6 is 0 Å². The molecule has 0 aromatic heterocycles. The number of aliphatic hydroxyl groups excluding tert-OH is 1. The summed E-state index contributed by atoms with van der Waals surface area (Å²) in [5.74, 6) is -0.771. The molecule has 0 heterocycles. The van der Waals surface area contributed by atoms with Crippen LogP contribution in [0.2, 0.25) is 0 Å². The number of likely N-dealkylation sites (N-methyl/N-ethyl adjacent to an activating group) is 1. The molecule has 118 valence electrons. The van der Waals surface area contributed by atoms with Gasteiger partial charge in [-0.3, -0.25) is 4.90 Å². The van der Waals surface area contributed by atoms with E-state index in [2.05, 4.69) is 4.74 Å². The number of hydrogen-bond acceptors (Lipinski definition) is 4. The van der Waals surface area contributed by atoms with E-state index in [1.54, 1.807) is 0 Å². The smallest absolute Gasteiger partial charge is 0.416 e. The van der Waals surface area contributed by atoms with Gasteiger partial charge in [0.2, 0.25) is 0 Å². The first kappa shape index (κ1) is 17.5. The molecule has 0 radical (unpaired) electrons. The molecule has 1 rings (SSSR count). The van der Waals surface area contributed by atoms with E-state index in [1.165, 1.54) is 30.1 Å². The Morgan fingerprint density at radius 2 is 2.00 bits per heavy atom. The van der Waals surface area contributed by atoms with Gasteiger partial charge in [0.25, 0.3) is 0 Å². The summed E-state index contributed by atoms with van der Waals surface area (Å²) in [6, 6.07) is 3.75. The first-order chi connectivity index (χ1) is 9.82. The van der Waals surface area contributed by atoms with Gasteiger partial charge < -0.3 is 9.84 Å². The molecule has 0 fully saturated rings. The first-order valence-corrected chi connectivity index (χ1v) is 6.38. The molecular formula is C14H18F3NO3. The van der Waals surface area contributed by atoms with Gasteiger partial charge in [0, 0.05) is 13.2 Å². The second-order valence-electron chi connectivity index (χ2n) is 4.57. The normalized spacial score (nSPS) is 13.3. The van der Waals surface area contributed by atoms with E-state index in [1.807, 2.05) is 0 Å². The lowest BCUT2D eigenvalue weighted by atomic mass is 9.98. The lowest BCUT2D eigenvalue weighted by Gasteiger charge is -2.28. The van der Waals surface area contributed by atoms with Crippen LogP contribution in [0.3, 0.4) is 0 Å². The lowest BCUT2D eigenvalue weighted by Crippen LogP contribution is -2.34. The maximum atomic E-state index is 13.1. The average molecular weight is 305 g/mol. The van der Waals surface area contributed by atoms with E-state index in [-0.39, 0.29) is 18.7 Å². The highest BCUT2D eigenvalue weighted by atomic mass is 19.4. The molecule has 0 spiro atoms. The van der Waals surface area contributed by atoms with E-state index in [9.17, 15) is 18.0 Å². The van der Waals surface area contributed by atoms with Crippen molar-refractivity contribution >= 4 is 5.97 Å². The summed E-state index contributed by atoms with van der Waals surface area (Å²) in [7, 11) is 2.65. The Hall–Kier alpha value is -1.60. The Balaban J connectivity index is 3.24. The van der Waals surface area contributed by atoms with Crippen molar-refractivity contribution in [2.24, 2.45) is 0 Å². The van der Waals surface area contributed by atoms with Crippen molar-refractivity contribution in [2.45, 2.75) is 18.6 Å². The predicted molar refractivity (Wildman–Crippen MR) is 70.5 cm³/mol. The second-order valence-corrected chi connectivity index (χ2v) is 4.57. The second kappa shape index (κ2) is 7.42. The van der Waals surface area contributed by atoms with Gasteiger partial charge in [0.05, 0.1) is 12.7 Å². The Morgan fingerprint density at radius 3 is 2.52 bits per heavy atom. The first-order valence-electron chi connectivity index (χ1n) is 6.38. The van der Waals surface area contributed by atoms with E-state index in [0.29, 0.717) is 6.42 Å². The van der Waals surface area contributed by atoms with E-state index >= 15 is 0 Å². The Bertz CT molecular complexity index is 477. The van der Waals surface area contributed by atoms with Crippen LogP contribution in [0.1, 0.15) is 23.6 Å². The van der Waals surface area contributed by atoms with Crippen LogP contribution in [0.5, 0.6) is 0 Å². The summed E-state index contributed by atoms with van der Waals surface area (Å²) in [6.45, 7) is 0.154. The minimum Gasteiger partial charge on any atom is -0.468 e. The van der Waals surface area contributed by atoms with Crippen molar-refractivity contribution in [2.75, 3.05) is 27.3 Å². The van der Waals surface area contributed by atoms with Crippen LogP contribution in [-0.4, -0.2) is 43.3 Å². The lowest BCUT2D eigenvalue weighted by molar-refractivity contribution is -0.148. The van der Waals surface area contributed by atoms with Crippen molar-refractivity contribution in [3.8, 4) is 0 Å². The molecule has 1 atom stereocenters. The maximum absolute atomic E-state index is 13.1. The number of alkyl halides is 3. The third kappa shape index (κ3) is 4.44. The highest BCUT2D eigenvalue weighted by Gasteiger charge is 2.38. The van der Waals surface area contributed by atoms with Gasteiger partial charge in [-0.15, -0.1) is 0 Å². The highest BCUT2D eigenvalue weighted by molar-refractivity contribution is 5.78. The Kier molecular flexibility index (Phi) is 6.17. The third-order valence-corrected chi connectivity index (χ3v) is 3.09. The summed E-state index contributed by atoms with van der Waals surface area (Å²) in [5, 5.41) is 8.82. The number of halogens is 3. The molecule has 0 aliphatic heterocycles.